The summed E-state index contributed by atoms with van der Waals surface area (Å²) >= 11 is 0. The molecule has 33 heavy (non-hydrogen) atoms. The van der Waals surface area contributed by atoms with Crippen LogP contribution in [0.15, 0.2) is 65.1 Å². The van der Waals surface area contributed by atoms with Crippen LogP contribution in [-0.2, 0) is 19.7 Å². The maximum atomic E-state index is 12.5. The first-order valence-corrected chi connectivity index (χ1v) is 11.1. The summed E-state index contributed by atoms with van der Waals surface area (Å²) in [6.07, 6.45) is 0. The molecule has 1 aromatic heterocycles. The maximum Gasteiger partial charge on any atom is 0.287 e. The molecule has 2 heterocycles. The average molecular weight is 445 g/mol. The van der Waals surface area contributed by atoms with Gasteiger partial charge in [0, 0.05) is 39.3 Å². The molecule has 1 saturated heterocycles. The molecule has 170 valence electrons. The number of carbonyl (C=O) groups is 1. The third-order valence-corrected chi connectivity index (χ3v) is 5.71. The highest BCUT2D eigenvalue weighted by molar-refractivity contribution is 5.91. The van der Waals surface area contributed by atoms with E-state index in [9.17, 15) is 4.79 Å². The minimum absolute atomic E-state index is 0.139. The van der Waals surface area contributed by atoms with Crippen LogP contribution in [0, 0.1) is 11.3 Å². The number of carbonyl (C=O) groups excluding carboxylic acids is 1. The van der Waals surface area contributed by atoms with Gasteiger partial charge in [-0.25, -0.2) is 0 Å². The molecule has 0 spiro atoms. The normalized spacial score (nSPS) is 14.5. The molecule has 0 bridgehead atoms. The molecule has 7 nitrogen and oxygen atoms in total. The van der Waals surface area contributed by atoms with Gasteiger partial charge in [-0.2, -0.15) is 5.26 Å². The van der Waals surface area contributed by atoms with Crippen molar-refractivity contribution in [1.82, 2.24) is 15.1 Å². The van der Waals surface area contributed by atoms with Crippen molar-refractivity contribution in [3.05, 3.63) is 88.9 Å². The Balaban J connectivity index is 1.28. The van der Waals surface area contributed by atoms with E-state index in [0.717, 1.165) is 38.3 Å². The van der Waals surface area contributed by atoms with E-state index in [1.807, 2.05) is 12.1 Å². The van der Waals surface area contributed by atoms with Crippen LogP contribution in [0.4, 0.5) is 0 Å². The van der Waals surface area contributed by atoms with Crippen LogP contribution in [0.5, 0.6) is 5.75 Å². The molecule has 7 heteroatoms. The number of para-hydroxylation sites is 1. The lowest BCUT2D eigenvalue weighted by Crippen LogP contribution is -2.43. The van der Waals surface area contributed by atoms with E-state index in [1.165, 1.54) is 5.56 Å². The monoisotopic (exact) mass is 444 g/mol. The zero-order chi connectivity index (χ0) is 23.0. The molecular weight excluding hydrogens is 416 g/mol. The largest absolute Gasteiger partial charge is 0.484 e. The highest BCUT2D eigenvalue weighted by atomic mass is 16.5. The zero-order valence-electron chi connectivity index (χ0n) is 18.8. The number of piperazine rings is 1. The van der Waals surface area contributed by atoms with E-state index in [4.69, 9.17) is 14.4 Å². The quantitative estimate of drug-likeness (QED) is 0.574. The molecule has 1 N–H and O–H groups in total. The molecular formula is C26H28N4O3. The lowest BCUT2D eigenvalue weighted by molar-refractivity contribution is 0.0919. The third kappa shape index (κ3) is 6.22. The summed E-state index contributed by atoms with van der Waals surface area (Å²) in [5.74, 6) is 0.958. The van der Waals surface area contributed by atoms with Crippen LogP contribution in [0.25, 0.3) is 0 Å². The van der Waals surface area contributed by atoms with Gasteiger partial charge in [-0.1, -0.05) is 36.4 Å². The Kier molecular flexibility index (Phi) is 7.40. The smallest absolute Gasteiger partial charge is 0.287 e. The molecule has 1 aliphatic rings. The third-order valence-electron chi connectivity index (χ3n) is 5.71. The summed E-state index contributed by atoms with van der Waals surface area (Å²) in [6, 6.07) is 20.8. The van der Waals surface area contributed by atoms with Crippen LogP contribution in [-0.4, -0.2) is 48.9 Å². The molecule has 1 fully saturated rings. The van der Waals surface area contributed by atoms with Crippen LogP contribution < -0.4 is 10.1 Å². The summed E-state index contributed by atoms with van der Waals surface area (Å²) in [7, 11) is 2.16. The van der Waals surface area contributed by atoms with Gasteiger partial charge in [0.05, 0.1) is 5.56 Å². The van der Waals surface area contributed by atoms with Crippen molar-refractivity contribution < 1.29 is 13.9 Å². The van der Waals surface area contributed by atoms with Gasteiger partial charge in [0.25, 0.3) is 5.91 Å². The van der Waals surface area contributed by atoms with Crippen molar-refractivity contribution in [2.45, 2.75) is 19.7 Å². The Labute approximate surface area is 194 Å². The number of rotatable bonds is 8. The van der Waals surface area contributed by atoms with Crippen LogP contribution >= 0.6 is 0 Å². The summed E-state index contributed by atoms with van der Waals surface area (Å²) < 4.78 is 11.3. The maximum absolute atomic E-state index is 12.5. The van der Waals surface area contributed by atoms with Crippen molar-refractivity contribution >= 4 is 5.91 Å². The number of furan rings is 1. The topological polar surface area (TPSA) is 81.7 Å². The SMILES string of the molecule is CN1CCN(Cc2cccc(CNC(=O)c3ccc(COc4ccccc4C#N)o3)c2)CC1. The second-order valence-corrected chi connectivity index (χ2v) is 8.24. The fourth-order valence-electron chi connectivity index (χ4n) is 3.78. The van der Waals surface area contributed by atoms with Crippen molar-refractivity contribution in [2.24, 2.45) is 0 Å². The van der Waals surface area contributed by atoms with Crippen molar-refractivity contribution in [3.8, 4) is 11.8 Å². The van der Waals surface area contributed by atoms with Gasteiger partial charge in [-0.15, -0.1) is 0 Å². The predicted molar refractivity (Wildman–Crippen MR) is 125 cm³/mol. The van der Waals surface area contributed by atoms with E-state index in [0.29, 0.717) is 23.6 Å². The van der Waals surface area contributed by atoms with E-state index in [1.54, 1.807) is 36.4 Å². The van der Waals surface area contributed by atoms with Crippen LogP contribution in [0.1, 0.15) is 33.0 Å². The number of nitriles is 1. The van der Waals surface area contributed by atoms with Crippen molar-refractivity contribution in [3.63, 3.8) is 0 Å². The lowest BCUT2D eigenvalue weighted by Gasteiger charge is -2.32. The summed E-state index contributed by atoms with van der Waals surface area (Å²) in [5.41, 5.74) is 2.76. The number of benzene rings is 2. The Morgan fingerprint density at radius 3 is 2.67 bits per heavy atom. The molecule has 0 unspecified atom stereocenters. The molecule has 1 amide bonds. The first-order valence-electron chi connectivity index (χ1n) is 11.1. The predicted octanol–water partition coefficient (Wildman–Crippen LogP) is 3.41. The van der Waals surface area contributed by atoms with Gasteiger partial charge >= 0.3 is 0 Å². The van der Waals surface area contributed by atoms with E-state index in [2.05, 4.69) is 40.4 Å². The van der Waals surface area contributed by atoms with E-state index in [-0.39, 0.29) is 18.3 Å². The van der Waals surface area contributed by atoms with Gasteiger partial charge in [-0.05, 0) is 42.4 Å². The Morgan fingerprint density at radius 2 is 1.85 bits per heavy atom. The first-order chi connectivity index (χ1) is 16.1. The standard InChI is InChI=1S/C26H28N4O3/c1-29-11-13-30(14-12-29)18-21-6-4-5-20(15-21)17-28-26(31)25-10-9-23(33-25)19-32-24-8-3-2-7-22(24)16-27/h2-10,15H,11-14,17-19H2,1H3,(H,28,31). The number of hydrogen-bond donors (Lipinski definition) is 1. The minimum atomic E-state index is -0.275. The van der Waals surface area contributed by atoms with Gasteiger partial charge in [-0.3, -0.25) is 9.69 Å². The highest BCUT2D eigenvalue weighted by Gasteiger charge is 2.15. The first kappa shape index (κ1) is 22.6. The molecule has 0 atom stereocenters. The summed E-state index contributed by atoms with van der Waals surface area (Å²) in [4.78, 5) is 17.3. The second-order valence-electron chi connectivity index (χ2n) is 8.24. The summed E-state index contributed by atoms with van der Waals surface area (Å²) in [6.45, 7) is 5.83. The zero-order valence-corrected chi connectivity index (χ0v) is 18.8. The molecule has 1 aliphatic heterocycles. The molecule has 0 aliphatic carbocycles. The van der Waals surface area contributed by atoms with E-state index >= 15 is 0 Å². The van der Waals surface area contributed by atoms with Gasteiger partial charge in [0.1, 0.15) is 24.2 Å². The molecule has 3 aromatic rings. The Morgan fingerprint density at radius 1 is 1.06 bits per heavy atom. The fraction of sp³-hybridized carbons (Fsp3) is 0.308. The molecule has 0 radical (unpaired) electrons. The second kappa shape index (κ2) is 10.8. The lowest BCUT2D eigenvalue weighted by atomic mass is 10.1. The van der Waals surface area contributed by atoms with Crippen LogP contribution in [0.2, 0.25) is 0 Å². The number of nitrogens with one attached hydrogen (secondary N) is 1. The van der Waals surface area contributed by atoms with Crippen molar-refractivity contribution in [2.75, 3.05) is 33.2 Å². The van der Waals surface area contributed by atoms with Crippen LogP contribution in [0.3, 0.4) is 0 Å². The van der Waals surface area contributed by atoms with Gasteiger partial charge < -0.3 is 19.4 Å². The number of ether oxygens (including phenoxy) is 1. The number of likely N-dealkylation sites (N-methyl/N-ethyl adjacent to an activating group) is 1. The molecule has 2 aromatic carbocycles. The van der Waals surface area contributed by atoms with Crippen molar-refractivity contribution in [1.29, 1.82) is 5.26 Å². The van der Waals surface area contributed by atoms with Gasteiger partial charge in [0.2, 0.25) is 0 Å². The number of amides is 1. The van der Waals surface area contributed by atoms with Gasteiger partial charge in [0.15, 0.2) is 5.76 Å². The highest BCUT2D eigenvalue weighted by Crippen LogP contribution is 2.19. The average Bonchev–Trinajstić information content (AvgIpc) is 3.32. The number of hydrogen-bond acceptors (Lipinski definition) is 6. The summed E-state index contributed by atoms with van der Waals surface area (Å²) in [5, 5.41) is 12.1. The van der Waals surface area contributed by atoms with E-state index < -0.39 is 0 Å². The molecule has 4 rings (SSSR count). The Hall–Kier alpha value is -3.60. The molecule has 0 saturated carbocycles. The fourth-order valence-corrected chi connectivity index (χ4v) is 3.78. The minimum Gasteiger partial charge on any atom is -0.484 e. The number of nitrogens with zero attached hydrogens (tertiary/aromatic N) is 3. The Bertz CT molecular complexity index is 1130.